The maximum atomic E-state index is 12.4. The van der Waals surface area contributed by atoms with Crippen LogP contribution in [0.4, 0.5) is 0 Å². The van der Waals surface area contributed by atoms with Crippen molar-refractivity contribution in [3.63, 3.8) is 0 Å². The Hall–Kier alpha value is -1.61. The van der Waals surface area contributed by atoms with Crippen LogP contribution in [0.25, 0.3) is 0 Å². The molecule has 0 saturated heterocycles. The van der Waals surface area contributed by atoms with Crippen molar-refractivity contribution in [1.29, 1.82) is 0 Å². The first-order chi connectivity index (χ1) is 8.61. The Kier molecular flexibility index (Phi) is 3.82. The molecule has 0 aliphatic heterocycles. The van der Waals surface area contributed by atoms with Gasteiger partial charge in [0.1, 0.15) is 5.75 Å². The van der Waals surface area contributed by atoms with E-state index >= 15 is 0 Å². The summed E-state index contributed by atoms with van der Waals surface area (Å²) >= 11 is 3.35. The van der Waals surface area contributed by atoms with Crippen molar-refractivity contribution in [2.24, 2.45) is 0 Å². The highest BCUT2D eigenvalue weighted by Crippen LogP contribution is 2.23. The van der Waals surface area contributed by atoms with E-state index in [1.54, 1.807) is 19.2 Å². The number of hydrogen-bond donors (Lipinski definition) is 0. The number of halogens is 1. The summed E-state index contributed by atoms with van der Waals surface area (Å²) in [6.45, 7) is 1.96. The summed E-state index contributed by atoms with van der Waals surface area (Å²) in [7, 11) is 1.57. The molecule has 0 N–H and O–H groups in total. The lowest BCUT2D eigenvalue weighted by atomic mass is 10.0. The second kappa shape index (κ2) is 5.36. The molecule has 2 aromatic carbocycles. The fourth-order valence-corrected chi connectivity index (χ4v) is 2.02. The highest BCUT2D eigenvalue weighted by molar-refractivity contribution is 9.10. The van der Waals surface area contributed by atoms with Crippen molar-refractivity contribution in [3.8, 4) is 5.75 Å². The largest absolute Gasteiger partial charge is 0.496 e. The number of carbonyl (C=O) groups is 1. The van der Waals surface area contributed by atoms with Crippen LogP contribution in [0.15, 0.2) is 46.9 Å². The molecule has 2 aromatic rings. The summed E-state index contributed by atoms with van der Waals surface area (Å²) in [5, 5.41) is 0. The third-order valence-corrected chi connectivity index (χ3v) is 3.23. The first kappa shape index (κ1) is 12.8. The van der Waals surface area contributed by atoms with Crippen LogP contribution < -0.4 is 4.74 Å². The van der Waals surface area contributed by atoms with Gasteiger partial charge in [-0.2, -0.15) is 0 Å². The predicted molar refractivity (Wildman–Crippen MR) is 75.3 cm³/mol. The zero-order valence-corrected chi connectivity index (χ0v) is 11.8. The van der Waals surface area contributed by atoms with E-state index in [0.29, 0.717) is 16.9 Å². The Bertz CT molecular complexity index is 574. The molecule has 0 amide bonds. The van der Waals surface area contributed by atoms with Gasteiger partial charge >= 0.3 is 0 Å². The Balaban J connectivity index is 2.45. The summed E-state index contributed by atoms with van der Waals surface area (Å²) in [6, 6.07) is 12.9. The number of rotatable bonds is 3. The maximum absolute atomic E-state index is 12.4. The topological polar surface area (TPSA) is 26.3 Å². The number of ether oxygens (including phenoxy) is 1. The summed E-state index contributed by atoms with van der Waals surface area (Å²) < 4.78 is 6.19. The van der Waals surface area contributed by atoms with Gasteiger partial charge in [0, 0.05) is 10.0 Å². The second-order valence-corrected chi connectivity index (χ2v) is 4.96. The quantitative estimate of drug-likeness (QED) is 0.801. The molecule has 0 fully saturated rings. The highest BCUT2D eigenvalue weighted by Gasteiger charge is 2.14. The Labute approximate surface area is 115 Å². The standard InChI is InChI=1S/C15H13BrO2/c1-10-3-8-14(18-2)13(9-10)15(17)11-4-6-12(16)7-5-11/h3-9H,1-2H3. The average molecular weight is 305 g/mol. The molecule has 0 aromatic heterocycles. The smallest absolute Gasteiger partial charge is 0.196 e. The second-order valence-electron chi connectivity index (χ2n) is 4.04. The van der Waals surface area contributed by atoms with E-state index in [2.05, 4.69) is 15.9 Å². The number of ketones is 1. The SMILES string of the molecule is COc1ccc(C)cc1C(=O)c1ccc(Br)cc1. The van der Waals surface area contributed by atoms with Gasteiger partial charge in [0.25, 0.3) is 0 Å². The number of hydrogen-bond acceptors (Lipinski definition) is 2. The average Bonchev–Trinajstić information content (AvgIpc) is 2.39. The first-order valence-electron chi connectivity index (χ1n) is 5.56. The predicted octanol–water partition coefficient (Wildman–Crippen LogP) is 4.00. The number of carbonyl (C=O) groups excluding carboxylic acids is 1. The molecular weight excluding hydrogens is 292 g/mol. The van der Waals surface area contributed by atoms with Crippen LogP contribution in [-0.4, -0.2) is 12.9 Å². The lowest BCUT2D eigenvalue weighted by molar-refractivity contribution is 0.103. The van der Waals surface area contributed by atoms with Gasteiger partial charge in [-0.3, -0.25) is 4.79 Å². The minimum absolute atomic E-state index is 0.0250. The minimum atomic E-state index is -0.0250. The third-order valence-electron chi connectivity index (χ3n) is 2.71. The Morgan fingerprint density at radius 3 is 2.39 bits per heavy atom. The molecule has 0 saturated carbocycles. The van der Waals surface area contributed by atoms with E-state index < -0.39 is 0 Å². The lowest BCUT2D eigenvalue weighted by Crippen LogP contribution is -2.04. The Morgan fingerprint density at radius 1 is 1.11 bits per heavy atom. The van der Waals surface area contributed by atoms with E-state index in [0.717, 1.165) is 10.0 Å². The van der Waals surface area contributed by atoms with Gasteiger partial charge in [0.15, 0.2) is 5.78 Å². The Morgan fingerprint density at radius 2 is 1.78 bits per heavy atom. The van der Waals surface area contributed by atoms with E-state index in [-0.39, 0.29) is 5.78 Å². The molecule has 0 unspecified atom stereocenters. The van der Waals surface area contributed by atoms with Crippen LogP contribution in [0.1, 0.15) is 21.5 Å². The van der Waals surface area contributed by atoms with E-state index in [1.165, 1.54) is 0 Å². The van der Waals surface area contributed by atoms with E-state index in [9.17, 15) is 4.79 Å². The van der Waals surface area contributed by atoms with Gasteiger partial charge in [-0.15, -0.1) is 0 Å². The first-order valence-corrected chi connectivity index (χ1v) is 6.36. The van der Waals surface area contributed by atoms with Crippen molar-refractivity contribution >= 4 is 21.7 Å². The zero-order chi connectivity index (χ0) is 13.1. The van der Waals surface area contributed by atoms with Gasteiger partial charge < -0.3 is 4.74 Å². The molecule has 2 nitrogen and oxygen atoms in total. The van der Waals surface area contributed by atoms with Gasteiger partial charge in [-0.05, 0) is 43.3 Å². The third kappa shape index (κ3) is 2.62. The van der Waals surface area contributed by atoms with Gasteiger partial charge in [0.05, 0.1) is 12.7 Å². The molecule has 0 radical (unpaired) electrons. The van der Waals surface area contributed by atoms with Crippen LogP contribution >= 0.6 is 15.9 Å². The van der Waals surface area contributed by atoms with Crippen molar-refractivity contribution in [3.05, 3.63) is 63.6 Å². The van der Waals surface area contributed by atoms with Crippen LogP contribution in [0.5, 0.6) is 5.75 Å². The van der Waals surface area contributed by atoms with Crippen molar-refractivity contribution in [2.75, 3.05) is 7.11 Å². The molecule has 0 heterocycles. The fourth-order valence-electron chi connectivity index (χ4n) is 1.76. The van der Waals surface area contributed by atoms with Crippen molar-refractivity contribution < 1.29 is 9.53 Å². The normalized spacial score (nSPS) is 10.2. The molecule has 0 atom stereocenters. The van der Waals surface area contributed by atoms with Crippen LogP contribution in [0.2, 0.25) is 0 Å². The molecule has 2 rings (SSSR count). The number of benzene rings is 2. The van der Waals surface area contributed by atoms with Crippen molar-refractivity contribution in [1.82, 2.24) is 0 Å². The summed E-state index contributed by atoms with van der Waals surface area (Å²) in [6.07, 6.45) is 0. The molecule has 0 spiro atoms. The molecule has 0 aliphatic rings. The molecule has 92 valence electrons. The van der Waals surface area contributed by atoms with Crippen LogP contribution in [0, 0.1) is 6.92 Å². The zero-order valence-electron chi connectivity index (χ0n) is 10.2. The summed E-state index contributed by atoms with van der Waals surface area (Å²) in [5.74, 6) is 0.580. The molecule has 18 heavy (non-hydrogen) atoms. The van der Waals surface area contributed by atoms with Gasteiger partial charge in [0.2, 0.25) is 0 Å². The van der Waals surface area contributed by atoms with Gasteiger partial charge in [-0.1, -0.05) is 27.6 Å². The number of methoxy groups -OCH3 is 1. The van der Waals surface area contributed by atoms with Gasteiger partial charge in [-0.25, -0.2) is 0 Å². The maximum Gasteiger partial charge on any atom is 0.196 e. The molecule has 0 aliphatic carbocycles. The number of aryl methyl sites for hydroxylation is 1. The summed E-state index contributed by atoms with van der Waals surface area (Å²) in [5.41, 5.74) is 2.29. The molecule has 3 heteroatoms. The highest BCUT2D eigenvalue weighted by atomic mass is 79.9. The minimum Gasteiger partial charge on any atom is -0.496 e. The monoisotopic (exact) mass is 304 g/mol. The molecular formula is C15H13BrO2. The molecule has 0 bridgehead atoms. The van der Waals surface area contributed by atoms with E-state index in [4.69, 9.17) is 4.74 Å². The van der Waals surface area contributed by atoms with Crippen molar-refractivity contribution in [2.45, 2.75) is 6.92 Å². The lowest BCUT2D eigenvalue weighted by Gasteiger charge is -2.08. The van der Waals surface area contributed by atoms with Crippen LogP contribution in [0.3, 0.4) is 0 Å². The van der Waals surface area contributed by atoms with Crippen LogP contribution in [-0.2, 0) is 0 Å². The summed E-state index contributed by atoms with van der Waals surface area (Å²) in [4.78, 5) is 12.4. The van der Waals surface area contributed by atoms with E-state index in [1.807, 2.05) is 37.3 Å². The fraction of sp³-hybridized carbons (Fsp3) is 0.133.